The summed E-state index contributed by atoms with van der Waals surface area (Å²) in [5, 5.41) is 3.36. The molecule has 0 aliphatic carbocycles. The van der Waals surface area contributed by atoms with Crippen LogP contribution < -0.4 is 19.7 Å². The average molecular weight is 501 g/mol. The first-order chi connectivity index (χ1) is 18.7. The SMILES string of the molecule is O=C1COc2ccc(-c3ccnc(Nc4cccc(Oc5ccccc5)c4)c3)cc2N1Cc1ccncc1. The van der Waals surface area contributed by atoms with Crippen LogP contribution in [0, 0.1) is 0 Å². The van der Waals surface area contributed by atoms with E-state index in [1.165, 1.54) is 0 Å². The molecule has 7 heteroatoms. The van der Waals surface area contributed by atoms with Gasteiger partial charge < -0.3 is 19.7 Å². The minimum absolute atomic E-state index is 0.0216. The van der Waals surface area contributed by atoms with E-state index in [0.717, 1.165) is 39.6 Å². The van der Waals surface area contributed by atoms with Crippen molar-refractivity contribution in [3.8, 4) is 28.4 Å². The number of aromatic nitrogens is 2. The van der Waals surface area contributed by atoms with E-state index in [-0.39, 0.29) is 12.5 Å². The van der Waals surface area contributed by atoms with E-state index in [4.69, 9.17) is 9.47 Å². The zero-order valence-corrected chi connectivity index (χ0v) is 20.5. The summed E-state index contributed by atoms with van der Waals surface area (Å²) in [7, 11) is 0. The topological polar surface area (TPSA) is 76.6 Å². The fourth-order valence-electron chi connectivity index (χ4n) is 4.31. The summed E-state index contributed by atoms with van der Waals surface area (Å²) in [6, 6.07) is 31.0. The predicted octanol–water partition coefficient (Wildman–Crippen LogP) is 6.61. The van der Waals surface area contributed by atoms with Gasteiger partial charge in [-0.3, -0.25) is 9.78 Å². The lowest BCUT2D eigenvalue weighted by molar-refractivity contribution is -0.121. The molecule has 0 saturated heterocycles. The smallest absolute Gasteiger partial charge is 0.265 e. The zero-order chi connectivity index (χ0) is 25.7. The third-order valence-corrected chi connectivity index (χ3v) is 6.17. The number of hydrogen-bond acceptors (Lipinski definition) is 6. The normalized spacial score (nSPS) is 12.4. The maximum atomic E-state index is 12.8. The van der Waals surface area contributed by atoms with E-state index >= 15 is 0 Å². The molecule has 3 aromatic carbocycles. The lowest BCUT2D eigenvalue weighted by Crippen LogP contribution is -2.38. The number of nitrogens with zero attached hydrogens (tertiary/aromatic N) is 3. The van der Waals surface area contributed by atoms with Gasteiger partial charge in [-0.1, -0.05) is 30.3 Å². The van der Waals surface area contributed by atoms with Gasteiger partial charge in [0.25, 0.3) is 5.91 Å². The summed E-state index contributed by atoms with van der Waals surface area (Å²) < 4.78 is 11.7. The van der Waals surface area contributed by atoms with E-state index in [0.29, 0.717) is 18.1 Å². The summed E-state index contributed by atoms with van der Waals surface area (Å²) >= 11 is 0. The molecule has 0 bridgehead atoms. The van der Waals surface area contributed by atoms with Crippen LogP contribution in [0.15, 0.2) is 116 Å². The van der Waals surface area contributed by atoms with Crippen molar-refractivity contribution in [3.63, 3.8) is 0 Å². The molecule has 0 unspecified atom stereocenters. The lowest BCUT2D eigenvalue weighted by atomic mass is 10.0. The van der Waals surface area contributed by atoms with Crippen LogP contribution in [0.1, 0.15) is 5.56 Å². The minimum Gasteiger partial charge on any atom is -0.482 e. The van der Waals surface area contributed by atoms with E-state index in [1.54, 1.807) is 23.5 Å². The summed E-state index contributed by atoms with van der Waals surface area (Å²) in [6.45, 7) is 0.472. The highest BCUT2D eigenvalue weighted by Gasteiger charge is 2.26. The number of anilines is 3. The van der Waals surface area contributed by atoms with Crippen molar-refractivity contribution >= 4 is 23.1 Å². The third-order valence-electron chi connectivity index (χ3n) is 6.17. The molecule has 2 aromatic heterocycles. The lowest BCUT2D eigenvalue weighted by Gasteiger charge is -2.30. The van der Waals surface area contributed by atoms with Gasteiger partial charge in [0.1, 0.15) is 23.1 Å². The fraction of sp³-hybridized carbons (Fsp3) is 0.0645. The largest absolute Gasteiger partial charge is 0.482 e. The Labute approximate surface area is 220 Å². The van der Waals surface area contributed by atoms with E-state index in [9.17, 15) is 4.79 Å². The fourth-order valence-corrected chi connectivity index (χ4v) is 4.31. The van der Waals surface area contributed by atoms with Crippen LogP contribution >= 0.6 is 0 Å². The molecule has 1 amide bonds. The number of benzene rings is 3. The first-order valence-corrected chi connectivity index (χ1v) is 12.2. The van der Waals surface area contributed by atoms with Crippen molar-refractivity contribution < 1.29 is 14.3 Å². The van der Waals surface area contributed by atoms with E-state index in [2.05, 4.69) is 15.3 Å². The minimum atomic E-state index is -0.0823. The number of carbonyl (C=O) groups excluding carboxylic acids is 1. The average Bonchev–Trinajstić information content (AvgIpc) is 2.96. The zero-order valence-electron chi connectivity index (χ0n) is 20.5. The van der Waals surface area contributed by atoms with Gasteiger partial charge in [-0.25, -0.2) is 4.98 Å². The van der Waals surface area contributed by atoms with Gasteiger partial charge in [0.2, 0.25) is 0 Å². The first kappa shape index (κ1) is 23.2. The number of hydrogen-bond donors (Lipinski definition) is 1. The molecule has 6 rings (SSSR count). The summed E-state index contributed by atoms with van der Waals surface area (Å²) in [5.74, 6) is 2.80. The number of rotatable bonds is 7. The van der Waals surface area contributed by atoms with Crippen LogP contribution in [0.4, 0.5) is 17.2 Å². The molecule has 0 saturated carbocycles. The van der Waals surface area contributed by atoms with Gasteiger partial charge in [0, 0.05) is 30.3 Å². The molecule has 0 radical (unpaired) electrons. The molecule has 3 heterocycles. The van der Waals surface area contributed by atoms with Crippen LogP contribution in [0.5, 0.6) is 17.2 Å². The highest BCUT2D eigenvalue weighted by molar-refractivity contribution is 5.98. The molecule has 5 aromatic rings. The van der Waals surface area contributed by atoms with Gasteiger partial charge in [-0.15, -0.1) is 0 Å². The Bertz CT molecular complexity index is 1580. The maximum Gasteiger partial charge on any atom is 0.265 e. The third kappa shape index (κ3) is 5.17. The molecule has 1 N–H and O–H groups in total. The number of fused-ring (bicyclic) bond motifs is 1. The van der Waals surface area contributed by atoms with Crippen molar-refractivity contribution in [2.45, 2.75) is 6.54 Å². The van der Waals surface area contributed by atoms with Crippen molar-refractivity contribution in [1.82, 2.24) is 9.97 Å². The Balaban J connectivity index is 1.24. The Kier molecular flexibility index (Phi) is 6.39. The number of nitrogens with one attached hydrogen (secondary N) is 1. The van der Waals surface area contributed by atoms with Gasteiger partial charge in [0.15, 0.2) is 6.61 Å². The molecular formula is C31H24N4O3. The monoisotopic (exact) mass is 500 g/mol. The second-order valence-corrected chi connectivity index (χ2v) is 8.80. The Morgan fingerprint density at radius 3 is 2.50 bits per heavy atom. The van der Waals surface area contributed by atoms with Crippen molar-refractivity contribution in [1.29, 1.82) is 0 Å². The second-order valence-electron chi connectivity index (χ2n) is 8.80. The van der Waals surface area contributed by atoms with Crippen molar-refractivity contribution in [3.05, 3.63) is 121 Å². The Hall–Kier alpha value is -5.17. The van der Waals surface area contributed by atoms with Crippen molar-refractivity contribution in [2.24, 2.45) is 0 Å². The highest BCUT2D eigenvalue weighted by atomic mass is 16.5. The molecule has 1 aliphatic heterocycles. The molecule has 0 spiro atoms. The molecule has 0 atom stereocenters. The van der Waals surface area contributed by atoms with Gasteiger partial charge in [0.05, 0.1) is 12.2 Å². The number of ether oxygens (including phenoxy) is 2. The number of amides is 1. The standard InChI is InChI=1S/C31H24N4O3/c36-31-21-37-29-10-9-23(17-28(29)35(31)20-22-11-14-32-15-12-22)24-13-16-33-30(18-24)34-25-5-4-8-27(19-25)38-26-6-2-1-3-7-26/h1-19H,20-21H2,(H,33,34). The molecule has 38 heavy (non-hydrogen) atoms. The predicted molar refractivity (Wildman–Crippen MR) is 147 cm³/mol. The van der Waals surface area contributed by atoms with Crippen LogP contribution in [0.2, 0.25) is 0 Å². The highest BCUT2D eigenvalue weighted by Crippen LogP contribution is 2.37. The molecule has 7 nitrogen and oxygen atoms in total. The summed E-state index contributed by atoms with van der Waals surface area (Å²) in [4.78, 5) is 23.1. The van der Waals surface area contributed by atoms with Gasteiger partial charge in [-0.2, -0.15) is 0 Å². The summed E-state index contributed by atoms with van der Waals surface area (Å²) in [5.41, 5.74) is 4.52. The molecule has 1 aliphatic rings. The van der Waals surface area contributed by atoms with E-state index < -0.39 is 0 Å². The molecule has 0 fully saturated rings. The second kappa shape index (κ2) is 10.4. The van der Waals surface area contributed by atoms with Gasteiger partial charge >= 0.3 is 0 Å². The summed E-state index contributed by atoms with van der Waals surface area (Å²) in [6.07, 6.45) is 5.22. The van der Waals surface area contributed by atoms with Gasteiger partial charge in [-0.05, 0) is 77.4 Å². The van der Waals surface area contributed by atoms with Crippen LogP contribution in [-0.2, 0) is 11.3 Å². The molecule has 186 valence electrons. The Morgan fingerprint density at radius 1 is 0.816 bits per heavy atom. The number of carbonyl (C=O) groups is 1. The van der Waals surface area contributed by atoms with E-state index in [1.807, 2.05) is 97.1 Å². The number of para-hydroxylation sites is 1. The maximum absolute atomic E-state index is 12.8. The van der Waals surface area contributed by atoms with Crippen LogP contribution in [-0.4, -0.2) is 22.5 Å². The van der Waals surface area contributed by atoms with Crippen molar-refractivity contribution in [2.75, 3.05) is 16.8 Å². The Morgan fingerprint density at radius 2 is 1.63 bits per heavy atom. The quantitative estimate of drug-likeness (QED) is 0.271. The molecular weight excluding hydrogens is 476 g/mol. The van der Waals surface area contributed by atoms with Crippen LogP contribution in [0.25, 0.3) is 11.1 Å². The number of pyridine rings is 2. The van der Waals surface area contributed by atoms with Crippen LogP contribution in [0.3, 0.4) is 0 Å². The first-order valence-electron chi connectivity index (χ1n) is 12.2.